The molecule has 0 atom stereocenters. The molecule has 0 spiro atoms. The molecule has 0 aliphatic heterocycles. The van der Waals surface area contributed by atoms with Gasteiger partial charge in [0, 0.05) is 17.0 Å². The minimum Gasteiger partial charge on any atom is -0.496 e. The number of anilines is 1. The quantitative estimate of drug-likeness (QED) is 0.915. The molecule has 0 radical (unpaired) electrons. The van der Waals surface area contributed by atoms with E-state index in [9.17, 15) is 4.79 Å². The Morgan fingerprint density at radius 1 is 1.18 bits per heavy atom. The first kappa shape index (κ1) is 16.2. The van der Waals surface area contributed by atoms with Gasteiger partial charge < -0.3 is 9.47 Å². The van der Waals surface area contributed by atoms with Crippen molar-refractivity contribution in [2.45, 2.75) is 26.7 Å². The molecule has 1 aromatic heterocycles. The van der Waals surface area contributed by atoms with Gasteiger partial charge in [0.1, 0.15) is 16.5 Å². The van der Waals surface area contributed by atoms with E-state index in [1.165, 1.54) is 11.3 Å². The zero-order chi connectivity index (χ0) is 16.3. The molecule has 2 aromatic rings. The first-order chi connectivity index (χ1) is 10.5. The lowest BCUT2D eigenvalue weighted by molar-refractivity contribution is 0.102. The molecule has 0 aliphatic carbocycles. The minimum absolute atomic E-state index is 0.275. The van der Waals surface area contributed by atoms with Crippen molar-refractivity contribution >= 4 is 22.4 Å². The van der Waals surface area contributed by atoms with Gasteiger partial charge >= 0.3 is 0 Å². The molecule has 1 heterocycles. The Bertz CT molecular complexity index is 657. The number of hydrogen-bond donors (Lipinski definition) is 1. The van der Waals surface area contributed by atoms with E-state index in [0.717, 1.165) is 10.6 Å². The lowest BCUT2D eigenvalue weighted by atomic mass is 10.1. The van der Waals surface area contributed by atoms with Crippen LogP contribution in [0.15, 0.2) is 12.1 Å². The molecule has 0 saturated carbocycles. The Labute approximate surface area is 133 Å². The van der Waals surface area contributed by atoms with Crippen molar-refractivity contribution in [1.82, 2.24) is 10.2 Å². The zero-order valence-electron chi connectivity index (χ0n) is 13.3. The number of benzene rings is 1. The van der Waals surface area contributed by atoms with Gasteiger partial charge in [-0.05, 0) is 19.1 Å². The molecule has 1 amide bonds. The number of carbonyl (C=O) groups excluding carboxylic acids is 1. The van der Waals surface area contributed by atoms with E-state index < -0.39 is 0 Å². The van der Waals surface area contributed by atoms with Gasteiger partial charge in [-0.1, -0.05) is 25.2 Å². The zero-order valence-corrected chi connectivity index (χ0v) is 14.1. The van der Waals surface area contributed by atoms with Crippen LogP contribution < -0.4 is 14.8 Å². The first-order valence-electron chi connectivity index (χ1n) is 6.83. The SMILES string of the molecule is COc1cc(C(=O)Nc2nnc(C(C)C)s2)cc(OC)c1C. The maximum absolute atomic E-state index is 12.4. The molecular weight excluding hydrogens is 302 g/mol. The Morgan fingerprint density at radius 3 is 2.23 bits per heavy atom. The summed E-state index contributed by atoms with van der Waals surface area (Å²) in [6, 6.07) is 3.36. The van der Waals surface area contributed by atoms with Crippen molar-refractivity contribution in [3.63, 3.8) is 0 Å². The van der Waals surface area contributed by atoms with Crippen LogP contribution in [0, 0.1) is 6.92 Å². The summed E-state index contributed by atoms with van der Waals surface area (Å²) in [6.45, 7) is 5.93. The average molecular weight is 321 g/mol. The third-order valence-electron chi connectivity index (χ3n) is 3.17. The number of nitrogens with zero attached hydrogens (tertiary/aromatic N) is 2. The largest absolute Gasteiger partial charge is 0.496 e. The van der Waals surface area contributed by atoms with Crippen LogP contribution in [-0.2, 0) is 0 Å². The molecule has 22 heavy (non-hydrogen) atoms. The highest BCUT2D eigenvalue weighted by Crippen LogP contribution is 2.30. The minimum atomic E-state index is -0.275. The average Bonchev–Trinajstić information content (AvgIpc) is 2.96. The monoisotopic (exact) mass is 321 g/mol. The number of hydrogen-bond acceptors (Lipinski definition) is 6. The fourth-order valence-corrected chi connectivity index (χ4v) is 2.65. The summed E-state index contributed by atoms with van der Waals surface area (Å²) in [5.41, 5.74) is 1.29. The Balaban J connectivity index is 2.25. The van der Waals surface area contributed by atoms with Gasteiger partial charge in [0.05, 0.1) is 14.2 Å². The highest BCUT2D eigenvalue weighted by molar-refractivity contribution is 7.15. The van der Waals surface area contributed by atoms with E-state index >= 15 is 0 Å². The van der Waals surface area contributed by atoms with Gasteiger partial charge in [-0.25, -0.2) is 0 Å². The van der Waals surface area contributed by atoms with E-state index in [1.807, 2.05) is 20.8 Å². The van der Waals surface area contributed by atoms with Crippen LogP contribution in [0.2, 0.25) is 0 Å². The number of amides is 1. The highest BCUT2D eigenvalue weighted by atomic mass is 32.1. The van der Waals surface area contributed by atoms with Gasteiger partial charge in [0.25, 0.3) is 5.91 Å². The Morgan fingerprint density at radius 2 is 1.77 bits per heavy atom. The molecule has 0 unspecified atom stereocenters. The van der Waals surface area contributed by atoms with Crippen molar-refractivity contribution in [1.29, 1.82) is 0 Å². The lowest BCUT2D eigenvalue weighted by Gasteiger charge is -2.12. The number of nitrogens with one attached hydrogen (secondary N) is 1. The second kappa shape index (κ2) is 6.74. The molecule has 0 fully saturated rings. The Hall–Kier alpha value is -2.15. The third-order valence-corrected chi connectivity index (χ3v) is 4.31. The molecule has 1 N–H and O–H groups in total. The van der Waals surface area contributed by atoms with Crippen LogP contribution >= 0.6 is 11.3 Å². The second-order valence-electron chi connectivity index (χ2n) is 5.06. The summed E-state index contributed by atoms with van der Waals surface area (Å²) in [6.07, 6.45) is 0. The van der Waals surface area contributed by atoms with Crippen LogP contribution in [0.4, 0.5) is 5.13 Å². The summed E-state index contributed by atoms with van der Waals surface area (Å²) in [4.78, 5) is 12.4. The van der Waals surface area contributed by atoms with E-state index in [0.29, 0.717) is 22.2 Å². The predicted octanol–water partition coefficient (Wildman–Crippen LogP) is 3.24. The van der Waals surface area contributed by atoms with Crippen LogP contribution in [0.5, 0.6) is 11.5 Å². The number of rotatable bonds is 5. The maximum atomic E-state index is 12.4. The summed E-state index contributed by atoms with van der Waals surface area (Å²) >= 11 is 1.37. The Kier molecular flexibility index (Phi) is 4.97. The lowest BCUT2D eigenvalue weighted by Crippen LogP contribution is -2.12. The standard InChI is InChI=1S/C15H19N3O3S/c1-8(2)14-17-18-15(22-14)16-13(19)10-6-11(20-4)9(3)12(7-10)21-5/h6-8H,1-5H3,(H,16,18,19). The summed E-state index contributed by atoms with van der Waals surface area (Å²) in [7, 11) is 3.12. The van der Waals surface area contributed by atoms with E-state index in [4.69, 9.17) is 9.47 Å². The van der Waals surface area contributed by atoms with Crippen molar-refractivity contribution in [3.8, 4) is 11.5 Å². The molecule has 0 bridgehead atoms. The normalized spacial score (nSPS) is 10.6. The maximum Gasteiger partial charge on any atom is 0.257 e. The van der Waals surface area contributed by atoms with Crippen LogP contribution in [0.3, 0.4) is 0 Å². The van der Waals surface area contributed by atoms with Gasteiger partial charge in [-0.2, -0.15) is 0 Å². The summed E-state index contributed by atoms with van der Waals surface area (Å²) in [5, 5.41) is 12.1. The predicted molar refractivity (Wildman–Crippen MR) is 86.2 cm³/mol. The van der Waals surface area contributed by atoms with Crippen molar-refractivity contribution in [2.75, 3.05) is 19.5 Å². The molecule has 0 aliphatic rings. The smallest absolute Gasteiger partial charge is 0.257 e. The number of aromatic nitrogens is 2. The van der Waals surface area contributed by atoms with E-state index in [2.05, 4.69) is 15.5 Å². The van der Waals surface area contributed by atoms with Crippen LogP contribution in [0.1, 0.15) is 40.7 Å². The molecule has 0 saturated heterocycles. The molecule has 6 nitrogen and oxygen atoms in total. The molecule has 118 valence electrons. The second-order valence-corrected chi connectivity index (χ2v) is 6.07. The number of methoxy groups -OCH3 is 2. The van der Waals surface area contributed by atoms with Gasteiger partial charge in [0.2, 0.25) is 5.13 Å². The first-order valence-corrected chi connectivity index (χ1v) is 7.65. The summed E-state index contributed by atoms with van der Waals surface area (Å²) < 4.78 is 10.6. The fourth-order valence-electron chi connectivity index (χ4n) is 1.90. The summed E-state index contributed by atoms with van der Waals surface area (Å²) in [5.74, 6) is 1.21. The van der Waals surface area contributed by atoms with Crippen LogP contribution in [0.25, 0.3) is 0 Å². The van der Waals surface area contributed by atoms with Crippen molar-refractivity contribution in [3.05, 3.63) is 28.3 Å². The number of ether oxygens (including phenoxy) is 2. The van der Waals surface area contributed by atoms with Gasteiger partial charge in [-0.15, -0.1) is 10.2 Å². The molecule has 2 rings (SSSR count). The molecule has 1 aromatic carbocycles. The third kappa shape index (κ3) is 3.36. The molecule has 7 heteroatoms. The van der Waals surface area contributed by atoms with Gasteiger partial charge in [0.15, 0.2) is 0 Å². The van der Waals surface area contributed by atoms with Crippen molar-refractivity contribution < 1.29 is 14.3 Å². The van der Waals surface area contributed by atoms with E-state index in [-0.39, 0.29) is 11.8 Å². The fraction of sp³-hybridized carbons (Fsp3) is 0.400. The van der Waals surface area contributed by atoms with Crippen LogP contribution in [-0.4, -0.2) is 30.3 Å². The molecular formula is C15H19N3O3S. The van der Waals surface area contributed by atoms with Gasteiger partial charge in [-0.3, -0.25) is 10.1 Å². The van der Waals surface area contributed by atoms with Crippen molar-refractivity contribution in [2.24, 2.45) is 0 Å². The highest BCUT2D eigenvalue weighted by Gasteiger charge is 2.16. The number of carbonyl (C=O) groups is 1. The topological polar surface area (TPSA) is 73.3 Å². The van der Waals surface area contributed by atoms with E-state index in [1.54, 1.807) is 26.4 Å².